The Morgan fingerprint density at radius 3 is 0.873 bits per heavy atom. The fourth-order valence-electron chi connectivity index (χ4n) is 14.9. The fourth-order valence-corrected chi connectivity index (χ4v) is 14.9. The molecule has 0 aromatic carbocycles. The van der Waals surface area contributed by atoms with Crippen molar-refractivity contribution in [2.75, 3.05) is 13.2 Å². The first-order chi connectivity index (χ1) is 37.6. The third kappa shape index (κ3) is 12.5. The van der Waals surface area contributed by atoms with Crippen molar-refractivity contribution in [2.24, 2.45) is 82.9 Å². The lowest BCUT2D eigenvalue weighted by Gasteiger charge is -2.53. The van der Waals surface area contributed by atoms with Crippen LogP contribution in [-0.2, 0) is 75.8 Å². The first-order valence-electron chi connectivity index (χ1n) is 32.0. The van der Waals surface area contributed by atoms with Crippen LogP contribution in [-0.4, -0.2) is 149 Å². The molecule has 0 spiro atoms. The van der Waals surface area contributed by atoms with E-state index in [0.29, 0.717) is 19.1 Å². The van der Waals surface area contributed by atoms with Gasteiger partial charge >= 0.3 is 0 Å². The normalized spacial score (nSPS) is 55.3. The summed E-state index contributed by atoms with van der Waals surface area (Å²) in [6.45, 7) is 45.4. The molecule has 0 aromatic rings. The van der Waals surface area contributed by atoms with Crippen molar-refractivity contribution >= 4 is 0 Å². The van der Waals surface area contributed by atoms with Gasteiger partial charge in [0.05, 0.1) is 86.5 Å². The highest BCUT2D eigenvalue weighted by atomic mass is 16.8. The van der Waals surface area contributed by atoms with Crippen molar-refractivity contribution in [3.63, 3.8) is 0 Å². The van der Waals surface area contributed by atoms with Gasteiger partial charge in [-0.05, 0) is 80.5 Å². The Kier molecular flexibility index (Phi) is 21.1. The lowest BCUT2D eigenvalue weighted by atomic mass is 9.80. The molecule has 19 unspecified atom stereocenters. The summed E-state index contributed by atoms with van der Waals surface area (Å²) in [7, 11) is 0. The van der Waals surface area contributed by atoms with Gasteiger partial charge in [-0.25, -0.2) is 0 Å². The van der Waals surface area contributed by atoms with Crippen LogP contribution in [0.1, 0.15) is 171 Å². The molecule has 16 heteroatoms. The van der Waals surface area contributed by atoms with Crippen LogP contribution in [0.5, 0.6) is 0 Å². The third-order valence-corrected chi connectivity index (χ3v) is 22.2. The van der Waals surface area contributed by atoms with Gasteiger partial charge in [-0.3, -0.25) is 0 Å². The van der Waals surface area contributed by atoms with Gasteiger partial charge in [-0.1, -0.05) is 132 Å². The van der Waals surface area contributed by atoms with Gasteiger partial charge in [0.15, 0.2) is 50.3 Å². The van der Waals surface area contributed by atoms with Crippen molar-refractivity contribution in [3.05, 3.63) is 0 Å². The van der Waals surface area contributed by atoms with E-state index in [1.54, 1.807) is 0 Å². The molecule has 0 N–H and O–H groups in total. The molecule has 458 valence electrons. The zero-order valence-corrected chi connectivity index (χ0v) is 52.3. The molecular formula is C63H110O16. The Hall–Kier alpha value is -0.640. The van der Waals surface area contributed by atoms with Gasteiger partial charge in [-0.15, -0.1) is 0 Å². The number of hydrogen-bond acceptors (Lipinski definition) is 16. The molecular weight excluding hydrogens is 1010 g/mol. The van der Waals surface area contributed by atoms with E-state index in [1.807, 2.05) is 6.92 Å². The highest BCUT2D eigenvalue weighted by Gasteiger charge is 2.56. The average Bonchev–Trinajstić information content (AvgIpc) is 4.08. The van der Waals surface area contributed by atoms with Crippen molar-refractivity contribution in [1.29, 1.82) is 0 Å². The Labute approximate surface area is 476 Å². The number of fused-ring (bicyclic) bond motifs is 3. The van der Waals surface area contributed by atoms with Gasteiger partial charge in [0.2, 0.25) is 0 Å². The minimum Gasteiger partial charge on any atom is -0.350 e. The highest BCUT2D eigenvalue weighted by molar-refractivity contribution is 4.97. The summed E-state index contributed by atoms with van der Waals surface area (Å²) in [5.74, 6) is 2.02. The molecule has 9 rings (SSSR count). The maximum Gasteiger partial charge on any atom is 0.161 e. The maximum absolute atomic E-state index is 7.19. The van der Waals surface area contributed by atoms with Crippen LogP contribution in [0, 0.1) is 82.9 Å². The summed E-state index contributed by atoms with van der Waals surface area (Å²) in [5.41, 5.74) is 0. The summed E-state index contributed by atoms with van der Waals surface area (Å²) in [4.78, 5) is 0. The van der Waals surface area contributed by atoms with Crippen LogP contribution in [0.3, 0.4) is 0 Å². The second-order valence-corrected chi connectivity index (χ2v) is 26.8. The maximum atomic E-state index is 7.19. The van der Waals surface area contributed by atoms with Crippen molar-refractivity contribution in [3.8, 4) is 0 Å². The summed E-state index contributed by atoms with van der Waals surface area (Å²) >= 11 is 0. The Morgan fingerprint density at radius 1 is 0.266 bits per heavy atom. The molecule has 9 saturated heterocycles. The van der Waals surface area contributed by atoms with E-state index in [2.05, 4.69) is 132 Å². The smallest absolute Gasteiger partial charge is 0.161 e. The highest BCUT2D eigenvalue weighted by Crippen LogP contribution is 2.48. The molecule has 0 aliphatic carbocycles. The van der Waals surface area contributed by atoms with Gasteiger partial charge in [0.1, 0.15) is 12.2 Å². The largest absolute Gasteiger partial charge is 0.350 e. The molecule has 9 heterocycles. The molecule has 79 heavy (non-hydrogen) atoms. The topological polar surface area (TPSA) is 148 Å². The summed E-state index contributed by atoms with van der Waals surface area (Å²) < 4.78 is 108. The summed E-state index contributed by atoms with van der Waals surface area (Å²) in [6.07, 6.45) is -0.830. The zero-order chi connectivity index (χ0) is 57.0. The molecule has 9 fully saturated rings. The average molecular weight is 1120 g/mol. The minimum absolute atomic E-state index is 0.00912. The number of hydrogen-bond donors (Lipinski definition) is 0. The van der Waals surface area contributed by atoms with E-state index in [1.165, 1.54) is 0 Å². The van der Waals surface area contributed by atoms with Crippen LogP contribution in [0.2, 0.25) is 0 Å². The molecule has 2 bridgehead atoms. The number of rotatable bonds is 17. The van der Waals surface area contributed by atoms with Crippen LogP contribution in [0.15, 0.2) is 0 Å². The van der Waals surface area contributed by atoms with Gasteiger partial charge < -0.3 is 75.8 Å². The molecule has 9 aliphatic rings. The van der Waals surface area contributed by atoms with Crippen molar-refractivity contribution < 1.29 is 75.8 Å². The quantitative estimate of drug-likeness (QED) is 0.136. The molecule has 9 aliphatic heterocycles. The second-order valence-electron chi connectivity index (χ2n) is 26.8. The molecule has 0 saturated carbocycles. The zero-order valence-electron chi connectivity index (χ0n) is 52.3. The Balaban J connectivity index is 0.786. The van der Waals surface area contributed by atoms with E-state index in [0.717, 1.165) is 32.1 Å². The van der Waals surface area contributed by atoms with E-state index in [-0.39, 0.29) is 188 Å². The molecule has 36 atom stereocenters. The fraction of sp³-hybridized carbons (Fsp3) is 1.00. The minimum atomic E-state index is -0.425. The Bertz CT molecular complexity index is 1890. The number of ether oxygens (including phenoxy) is 16. The lowest BCUT2D eigenvalue weighted by Crippen LogP contribution is -2.60. The van der Waals surface area contributed by atoms with Crippen molar-refractivity contribution in [2.45, 2.75) is 306 Å². The standard InChI is InChI=1S/C63H110O16/c1-21-43-50(74-59-37(15)30(8)52(45(23-3)68-59)76-61-39(17)32(10)54(47(25-5)70-61)78-63-41(19)34(12)55-48(73-63)26-64-42(20)66-55)29(7)36(14)58(67-43)75-51-31(9)38(16)60(69-44(51)22-2)77-53-33(11)40(18)62(71-46(53)24-4)79-56-28(6)35(13)57-65-27-49(56)72-57/h28-63H,21-27H2,1-20H3/t28?,29?,30?,31-,32?,33-,34?,35?,36?,37?,38?,39?,40?,41?,42?,43?,44?,45?,46?,47?,48?,49+,50+,51-,52+,53-,54-,55-,56+,57-,58-,59-,60+,61+,62+,63+/m1/s1. The molecule has 0 amide bonds. The SMILES string of the molecule is CCC1O[C@H](O[C@H]2C(CC)O[C@@H](O[C@H]3C(CC)O[C@@H](O[C@H]4C(C)C(C)[C@@H]5OC[C@@H]4O5)C(C)[C@H]3C)C(C)[C@H]2C)C(C)C(C)[C@@H]1O[C@H]1OC(CC)[C@@H](O[C@@H]2OC(CC)[C@H](O[C@@H]3OC4COC(C)O[C@@H]4C(C)C3C)C(C)C2C)C(C)C1C. The molecule has 0 radical (unpaired) electrons. The summed E-state index contributed by atoms with van der Waals surface area (Å²) in [6, 6.07) is 0. The van der Waals surface area contributed by atoms with Gasteiger partial charge in [-0.2, -0.15) is 0 Å². The van der Waals surface area contributed by atoms with E-state index >= 15 is 0 Å². The van der Waals surface area contributed by atoms with E-state index < -0.39 is 25.2 Å². The van der Waals surface area contributed by atoms with E-state index in [9.17, 15) is 0 Å². The first kappa shape index (κ1) is 62.9. The van der Waals surface area contributed by atoms with E-state index in [4.69, 9.17) is 75.8 Å². The van der Waals surface area contributed by atoms with Crippen molar-refractivity contribution in [1.82, 2.24) is 0 Å². The molecule has 0 aromatic heterocycles. The lowest BCUT2D eigenvalue weighted by molar-refractivity contribution is -0.374. The van der Waals surface area contributed by atoms with Crippen LogP contribution in [0.4, 0.5) is 0 Å². The second kappa shape index (κ2) is 26.5. The predicted molar refractivity (Wildman–Crippen MR) is 296 cm³/mol. The molecule has 16 nitrogen and oxygen atoms in total. The van der Waals surface area contributed by atoms with Crippen LogP contribution >= 0.6 is 0 Å². The Morgan fingerprint density at radius 2 is 0.544 bits per heavy atom. The summed E-state index contributed by atoms with van der Waals surface area (Å²) in [5, 5.41) is 0. The third-order valence-electron chi connectivity index (χ3n) is 22.2. The van der Waals surface area contributed by atoms with Crippen LogP contribution < -0.4 is 0 Å². The van der Waals surface area contributed by atoms with Gasteiger partial charge in [0.25, 0.3) is 0 Å². The van der Waals surface area contributed by atoms with Gasteiger partial charge in [0, 0.05) is 41.4 Å². The monoisotopic (exact) mass is 1120 g/mol. The van der Waals surface area contributed by atoms with Crippen LogP contribution in [0.25, 0.3) is 0 Å². The predicted octanol–water partition coefficient (Wildman–Crippen LogP) is 11.1. The first-order valence-corrected chi connectivity index (χ1v) is 32.0.